The van der Waals surface area contributed by atoms with E-state index in [0.717, 1.165) is 37.4 Å². The van der Waals surface area contributed by atoms with Crippen LogP contribution in [0.5, 0.6) is 0 Å². The van der Waals surface area contributed by atoms with Gasteiger partial charge in [0.15, 0.2) is 0 Å². The van der Waals surface area contributed by atoms with Gasteiger partial charge in [0.25, 0.3) is 0 Å². The molecule has 2 aromatic rings. The Labute approximate surface area is 116 Å². The van der Waals surface area contributed by atoms with Crippen LogP contribution in [0.3, 0.4) is 0 Å². The average molecular weight is 269 g/mol. The van der Waals surface area contributed by atoms with E-state index in [4.69, 9.17) is 5.26 Å². The highest BCUT2D eigenvalue weighted by Gasteiger charge is 2.22. The van der Waals surface area contributed by atoms with Gasteiger partial charge >= 0.3 is 5.69 Å². The molecule has 0 spiro atoms. The minimum absolute atomic E-state index is 0.233. The molecule has 0 aliphatic carbocycles. The standard InChI is InChI=1S/C14H15N5O/c15-9-10-1-3-12(4-2-10)19-13(17-18-14(19)20)11-5-7-16-8-6-11/h1-4,11,16H,5-8H2,(H,18,20). The van der Waals surface area contributed by atoms with Crippen molar-refractivity contribution >= 4 is 0 Å². The SMILES string of the molecule is N#Cc1ccc(-n2c(C3CCNCC3)n[nH]c2=O)cc1. The largest absolute Gasteiger partial charge is 0.347 e. The zero-order valence-corrected chi connectivity index (χ0v) is 11.0. The molecular weight excluding hydrogens is 254 g/mol. The van der Waals surface area contributed by atoms with Crippen molar-refractivity contribution < 1.29 is 0 Å². The number of hydrogen-bond donors (Lipinski definition) is 2. The summed E-state index contributed by atoms with van der Waals surface area (Å²) in [6, 6.07) is 9.05. The molecule has 0 bridgehead atoms. The Bertz CT molecular complexity index is 686. The van der Waals surface area contributed by atoms with Crippen LogP contribution in [0.2, 0.25) is 0 Å². The van der Waals surface area contributed by atoms with Gasteiger partial charge in [-0.05, 0) is 50.2 Å². The fraction of sp³-hybridized carbons (Fsp3) is 0.357. The molecular formula is C14H15N5O. The van der Waals surface area contributed by atoms with Crippen LogP contribution in [0.1, 0.15) is 30.1 Å². The third-order valence-electron chi connectivity index (χ3n) is 3.66. The summed E-state index contributed by atoms with van der Waals surface area (Å²) in [6.07, 6.45) is 1.95. The topological polar surface area (TPSA) is 86.5 Å². The van der Waals surface area contributed by atoms with Gasteiger partial charge in [-0.1, -0.05) is 0 Å². The lowest BCUT2D eigenvalue weighted by atomic mass is 9.97. The average Bonchev–Trinajstić information content (AvgIpc) is 2.90. The molecule has 1 aromatic carbocycles. The third-order valence-corrected chi connectivity index (χ3v) is 3.66. The van der Waals surface area contributed by atoms with Gasteiger partial charge in [-0.25, -0.2) is 14.5 Å². The van der Waals surface area contributed by atoms with Crippen LogP contribution in [0.4, 0.5) is 0 Å². The summed E-state index contributed by atoms with van der Waals surface area (Å²) < 4.78 is 1.61. The van der Waals surface area contributed by atoms with Crippen molar-refractivity contribution in [2.75, 3.05) is 13.1 Å². The second-order valence-corrected chi connectivity index (χ2v) is 4.91. The van der Waals surface area contributed by atoms with E-state index >= 15 is 0 Å². The molecule has 1 saturated heterocycles. The molecule has 6 nitrogen and oxygen atoms in total. The quantitative estimate of drug-likeness (QED) is 0.848. The van der Waals surface area contributed by atoms with E-state index < -0.39 is 0 Å². The Kier molecular flexibility index (Phi) is 3.35. The van der Waals surface area contributed by atoms with Gasteiger partial charge < -0.3 is 5.32 Å². The molecule has 0 amide bonds. The molecule has 6 heteroatoms. The highest BCUT2D eigenvalue weighted by molar-refractivity contribution is 5.40. The second kappa shape index (κ2) is 5.31. The molecule has 20 heavy (non-hydrogen) atoms. The zero-order valence-electron chi connectivity index (χ0n) is 11.0. The predicted octanol–water partition coefficient (Wildman–Crippen LogP) is 0.899. The van der Waals surface area contributed by atoms with E-state index in [0.29, 0.717) is 5.56 Å². The summed E-state index contributed by atoms with van der Waals surface area (Å²) in [5.74, 6) is 1.06. The van der Waals surface area contributed by atoms with E-state index in [1.165, 1.54) is 0 Å². The Morgan fingerprint density at radius 2 is 1.95 bits per heavy atom. The highest BCUT2D eigenvalue weighted by Crippen LogP contribution is 2.24. The molecule has 2 heterocycles. The molecule has 1 fully saturated rings. The maximum Gasteiger partial charge on any atom is 0.347 e. The first-order valence-corrected chi connectivity index (χ1v) is 6.68. The first-order valence-electron chi connectivity index (χ1n) is 6.68. The van der Waals surface area contributed by atoms with Gasteiger partial charge in [-0.3, -0.25) is 0 Å². The number of aromatic nitrogens is 3. The smallest absolute Gasteiger partial charge is 0.317 e. The van der Waals surface area contributed by atoms with Crippen molar-refractivity contribution in [2.24, 2.45) is 0 Å². The van der Waals surface area contributed by atoms with Crippen molar-refractivity contribution in [1.82, 2.24) is 20.1 Å². The second-order valence-electron chi connectivity index (χ2n) is 4.91. The summed E-state index contributed by atoms with van der Waals surface area (Å²) >= 11 is 0. The van der Waals surface area contributed by atoms with Crippen molar-refractivity contribution in [1.29, 1.82) is 5.26 Å². The Hall–Kier alpha value is -2.39. The summed E-state index contributed by atoms with van der Waals surface area (Å²) in [6.45, 7) is 1.89. The zero-order chi connectivity index (χ0) is 13.9. The molecule has 3 rings (SSSR count). The maximum atomic E-state index is 12.0. The van der Waals surface area contributed by atoms with Crippen LogP contribution in [-0.4, -0.2) is 27.9 Å². The lowest BCUT2D eigenvalue weighted by Crippen LogP contribution is -2.29. The van der Waals surface area contributed by atoms with Gasteiger partial charge in [0.2, 0.25) is 0 Å². The number of benzene rings is 1. The third kappa shape index (κ3) is 2.24. The van der Waals surface area contributed by atoms with Gasteiger partial charge in [-0.15, -0.1) is 0 Å². The van der Waals surface area contributed by atoms with E-state index in [1.54, 1.807) is 28.8 Å². The van der Waals surface area contributed by atoms with E-state index in [1.807, 2.05) is 0 Å². The maximum absolute atomic E-state index is 12.0. The number of nitrogens with one attached hydrogen (secondary N) is 2. The van der Waals surface area contributed by atoms with E-state index in [9.17, 15) is 4.79 Å². The van der Waals surface area contributed by atoms with Crippen LogP contribution in [-0.2, 0) is 0 Å². The van der Waals surface area contributed by atoms with E-state index in [-0.39, 0.29) is 11.6 Å². The molecule has 2 N–H and O–H groups in total. The summed E-state index contributed by atoms with van der Waals surface area (Å²) in [7, 11) is 0. The van der Waals surface area contributed by atoms with Crippen molar-refractivity contribution in [3.63, 3.8) is 0 Å². The predicted molar refractivity (Wildman–Crippen MR) is 73.7 cm³/mol. The number of nitriles is 1. The molecule has 1 aliphatic heterocycles. The first-order chi connectivity index (χ1) is 9.79. The normalized spacial score (nSPS) is 15.9. The summed E-state index contributed by atoms with van der Waals surface area (Å²) in [5.41, 5.74) is 1.09. The number of aromatic amines is 1. The number of nitrogens with zero attached hydrogens (tertiary/aromatic N) is 3. The molecule has 102 valence electrons. The molecule has 0 saturated carbocycles. The van der Waals surface area contributed by atoms with Crippen LogP contribution in [0.25, 0.3) is 5.69 Å². The van der Waals surface area contributed by atoms with Gasteiger partial charge in [0.05, 0.1) is 17.3 Å². The number of hydrogen-bond acceptors (Lipinski definition) is 4. The fourth-order valence-corrected chi connectivity index (χ4v) is 2.60. The van der Waals surface area contributed by atoms with Gasteiger partial charge in [-0.2, -0.15) is 10.4 Å². The van der Waals surface area contributed by atoms with Gasteiger partial charge in [0, 0.05) is 5.92 Å². The van der Waals surface area contributed by atoms with Crippen LogP contribution in [0, 0.1) is 11.3 Å². The van der Waals surface area contributed by atoms with Crippen molar-refractivity contribution in [2.45, 2.75) is 18.8 Å². The van der Waals surface area contributed by atoms with Crippen LogP contribution in [0.15, 0.2) is 29.1 Å². The number of piperidine rings is 1. The minimum atomic E-state index is -0.233. The number of H-pyrrole nitrogens is 1. The lowest BCUT2D eigenvalue weighted by Gasteiger charge is -2.22. The van der Waals surface area contributed by atoms with Crippen LogP contribution >= 0.6 is 0 Å². The molecule has 1 aromatic heterocycles. The minimum Gasteiger partial charge on any atom is -0.317 e. The van der Waals surface area contributed by atoms with Gasteiger partial charge in [0.1, 0.15) is 5.82 Å². The molecule has 0 atom stereocenters. The Balaban J connectivity index is 2.01. The van der Waals surface area contributed by atoms with Crippen molar-refractivity contribution in [3.05, 3.63) is 46.1 Å². The van der Waals surface area contributed by atoms with Crippen molar-refractivity contribution in [3.8, 4) is 11.8 Å². The summed E-state index contributed by atoms with van der Waals surface area (Å²) in [4.78, 5) is 12.0. The van der Waals surface area contributed by atoms with E-state index in [2.05, 4.69) is 21.6 Å². The molecule has 0 unspecified atom stereocenters. The fourth-order valence-electron chi connectivity index (χ4n) is 2.60. The Morgan fingerprint density at radius 3 is 2.60 bits per heavy atom. The monoisotopic (exact) mass is 269 g/mol. The molecule has 1 aliphatic rings. The summed E-state index contributed by atoms with van der Waals surface area (Å²) in [5, 5.41) is 18.9. The number of rotatable bonds is 2. The lowest BCUT2D eigenvalue weighted by molar-refractivity contribution is 0.440. The highest BCUT2D eigenvalue weighted by atomic mass is 16.1. The molecule has 0 radical (unpaired) electrons. The van der Waals surface area contributed by atoms with Crippen LogP contribution < -0.4 is 11.0 Å². The first kappa shape index (κ1) is 12.6. The Morgan fingerprint density at radius 1 is 1.25 bits per heavy atom.